The average molecular weight is 765 g/mol. The van der Waals surface area contributed by atoms with Gasteiger partial charge in [-0.1, -0.05) is 30.3 Å². The molecular weight excluding hydrogens is 704 g/mol. The smallest absolute Gasteiger partial charge is 0.379 e. The van der Waals surface area contributed by atoms with Crippen LogP contribution in [-0.2, 0) is 75.9 Å². The van der Waals surface area contributed by atoms with Gasteiger partial charge in [-0.3, -0.25) is 9.59 Å². The molecule has 0 amide bonds. The summed E-state index contributed by atoms with van der Waals surface area (Å²) < 4.78 is 74.5. The molecule has 17 heteroatoms. The molecule has 0 aromatic heterocycles. The standard InChI is InChI=1S/C36H60O17/c1-40-34(37)7-8-41-9-10-42-11-12-43-13-14-44-15-16-45-17-18-46-19-20-47-21-22-48-23-24-49-25-26-50-27-28-51-29-30-52-31-32-53-36(39)35(38)33-5-3-2-4-6-33/h2-6H,7-32H2,1H3. The Labute approximate surface area is 312 Å². The molecule has 0 spiro atoms. The maximum Gasteiger partial charge on any atom is 0.379 e. The normalized spacial score (nSPS) is 11.2. The third-order valence-corrected chi connectivity index (χ3v) is 6.45. The number of ketones is 1. The monoisotopic (exact) mass is 764 g/mol. The van der Waals surface area contributed by atoms with Gasteiger partial charge in [0.2, 0.25) is 0 Å². The summed E-state index contributed by atoms with van der Waals surface area (Å²) in [6.45, 7) is 10.4. The quantitative estimate of drug-likeness (QED) is 0.0401. The van der Waals surface area contributed by atoms with Gasteiger partial charge in [-0.2, -0.15) is 0 Å². The fraction of sp³-hybridized carbons (Fsp3) is 0.750. The Bertz CT molecular complexity index is 969. The lowest BCUT2D eigenvalue weighted by Crippen LogP contribution is -2.20. The lowest BCUT2D eigenvalue weighted by molar-refractivity contribution is -0.142. The predicted octanol–water partition coefficient (Wildman–Crippen LogP) is 1.17. The van der Waals surface area contributed by atoms with Gasteiger partial charge in [-0.05, 0) is 0 Å². The van der Waals surface area contributed by atoms with Crippen molar-refractivity contribution >= 4 is 17.7 Å². The highest BCUT2D eigenvalue weighted by Gasteiger charge is 2.17. The van der Waals surface area contributed by atoms with E-state index in [1.54, 1.807) is 30.3 Å². The van der Waals surface area contributed by atoms with Gasteiger partial charge in [-0.15, -0.1) is 0 Å². The van der Waals surface area contributed by atoms with Crippen molar-refractivity contribution in [1.29, 1.82) is 0 Å². The second-order valence-corrected chi connectivity index (χ2v) is 10.5. The Balaban J connectivity index is 1.65. The van der Waals surface area contributed by atoms with Crippen LogP contribution in [0.4, 0.5) is 0 Å². The molecule has 0 saturated carbocycles. The zero-order valence-corrected chi connectivity index (χ0v) is 31.2. The van der Waals surface area contributed by atoms with Crippen LogP contribution < -0.4 is 0 Å². The lowest BCUT2D eigenvalue weighted by Gasteiger charge is -2.09. The fourth-order valence-corrected chi connectivity index (χ4v) is 3.74. The molecule has 0 fully saturated rings. The lowest BCUT2D eigenvalue weighted by atomic mass is 10.1. The molecule has 53 heavy (non-hydrogen) atoms. The Hall–Kier alpha value is -2.65. The molecule has 0 bridgehead atoms. The second-order valence-electron chi connectivity index (χ2n) is 10.5. The van der Waals surface area contributed by atoms with Crippen LogP contribution in [-0.4, -0.2) is 190 Å². The number of methoxy groups -OCH3 is 1. The van der Waals surface area contributed by atoms with E-state index < -0.39 is 11.8 Å². The van der Waals surface area contributed by atoms with Gasteiger partial charge in [-0.25, -0.2) is 4.79 Å². The third-order valence-electron chi connectivity index (χ3n) is 6.45. The Morgan fingerprint density at radius 3 is 0.925 bits per heavy atom. The van der Waals surface area contributed by atoms with Gasteiger partial charge in [0.15, 0.2) is 0 Å². The van der Waals surface area contributed by atoms with Crippen LogP contribution in [0.15, 0.2) is 30.3 Å². The van der Waals surface area contributed by atoms with Crippen LogP contribution in [0.3, 0.4) is 0 Å². The number of hydrogen-bond acceptors (Lipinski definition) is 17. The van der Waals surface area contributed by atoms with E-state index in [2.05, 4.69) is 4.74 Å². The van der Waals surface area contributed by atoms with Crippen molar-refractivity contribution in [2.24, 2.45) is 0 Å². The van der Waals surface area contributed by atoms with Crippen molar-refractivity contribution in [2.75, 3.05) is 172 Å². The minimum atomic E-state index is -0.902. The molecule has 0 aliphatic carbocycles. The molecule has 1 aromatic carbocycles. The first-order valence-corrected chi connectivity index (χ1v) is 17.9. The summed E-state index contributed by atoms with van der Waals surface area (Å²) in [5, 5.41) is 0. The summed E-state index contributed by atoms with van der Waals surface area (Å²) in [5.41, 5.74) is 0.291. The molecule has 17 nitrogen and oxygen atoms in total. The molecule has 0 saturated heterocycles. The summed E-state index contributed by atoms with van der Waals surface area (Å²) in [6, 6.07) is 8.24. The molecule has 0 heterocycles. The number of Topliss-reactive ketones (excluding diaryl/α,β-unsaturated/α-hetero) is 1. The number of benzene rings is 1. The molecular formula is C36H60O17. The zero-order chi connectivity index (χ0) is 38.1. The van der Waals surface area contributed by atoms with Crippen molar-refractivity contribution in [3.8, 4) is 0 Å². The fourth-order valence-electron chi connectivity index (χ4n) is 3.74. The minimum absolute atomic E-state index is 0.00822. The van der Waals surface area contributed by atoms with E-state index >= 15 is 0 Å². The topological polar surface area (TPSA) is 180 Å². The summed E-state index contributed by atoms with van der Waals surface area (Å²) in [7, 11) is 1.35. The van der Waals surface area contributed by atoms with E-state index in [-0.39, 0.29) is 25.6 Å². The maximum absolute atomic E-state index is 11.9. The molecule has 1 aromatic rings. The van der Waals surface area contributed by atoms with Crippen molar-refractivity contribution in [1.82, 2.24) is 0 Å². The van der Waals surface area contributed by atoms with Gasteiger partial charge in [0.1, 0.15) is 6.61 Å². The molecule has 0 atom stereocenters. The minimum Gasteiger partial charge on any atom is -0.469 e. The number of carbonyl (C=O) groups is 3. The largest absolute Gasteiger partial charge is 0.469 e. The maximum atomic E-state index is 11.9. The second kappa shape index (κ2) is 39.1. The van der Waals surface area contributed by atoms with Crippen LogP contribution in [0.2, 0.25) is 0 Å². The van der Waals surface area contributed by atoms with Crippen LogP contribution in [0.25, 0.3) is 0 Å². The van der Waals surface area contributed by atoms with E-state index in [0.29, 0.717) is 158 Å². The first-order chi connectivity index (χ1) is 26.1. The highest BCUT2D eigenvalue weighted by Crippen LogP contribution is 2.01. The summed E-state index contributed by atoms with van der Waals surface area (Å²) in [4.78, 5) is 34.6. The predicted molar refractivity (Wildman–Crippen MR) is 188 cm³/mol. The van der Waals surface area contributed by atoms with Crippen LogP contribution >= 0.6 is 0 Å². The van der Waals surface area contributed by atoms with Gasteiger partial charge in [0.05, 0.1) is 172 Å². The average Bonchev–Trinajstić information content (AvgIpc) is 3.18. The number of hydrogen-bond donors (Lipinski definition) is 0. The molecule has 0 N–H and O–H groups in total. The third kappa shape index (κ3) is 33.6. The van der Waals surface area contributed by atoms with Crippen molar-refractivity contribution in [3.63, 3.8) is 0 Å². The van der Waals surface area contributed by atoms with Gasteiger partial charge in [0, 0.05) is 5.56 Å². The number of carbonyl (C=O) groups excluding carboxylic acids is 3. The number of esters is 2. The molecule has 0 unspecified atom stereocenters. The van der Waals surface area contributed by atoms with Crippen LogP contribution in [0.5, 0.6) is 0 Å². The van der Waals surface area contributed by atoms with Crippen LogP contribution in [0, 0.1) is 0 Å². The summed E-state index contributed by atoms with van der Waals surface area (Å²) in [6.07, 6.45) is 0.237. The molecule has 0 aliphatic rings. The Morgan fingerprint density at radius 1 is 0.377 bits per heavy atom. The van der Waals surface area contributed by atoms with Gasteiger partial charge >= 0.3 is 11.9 Å². The van der Waals surface area contributed by atoms with E-state index in [0.717, 1.165) is 0 Å². The van der Waals surface area contributed by atoms with Crippen LogP contribution in [0.1, 0.15) is 16.8 Å². The Morgan fingerprint density at radius 2 is 0.642 bits per heavy atom. The van der Waals surface area contributed by atoms with Crippen molar-refractivity contribution in [2.45, 2.75) is 6.42 Å². The molecule has 0 aliphatic heterocycles. The number of ether oxygens (including phenoxy) is 14. The molecule has 1 rings (SSSR count). The molecule has 306 valence electrons. The van der Waals surface area contributed by atoms with E-state index in [9.17, 15) is 14.4 Å². The SMILES string of the molecule is COC(=O)CCOCCOCCOCCOCCOCCOCCOCCOCCOCCOCCOCCOCCOC(=O)C(=O)c1ccccc1. The summed E-state index contributed by atoms with van der Waals surface area (Å²) >= 11 is 0. The van der Waals surface area contributed by atoms with Gasteiger partial charge in [0.25, 0.3) is 5.78 Å². The van der Waals surface area contributed by atoms with Crippen molar-refractivity contribution < 1.29 is 80.7 Å². The number of rotatable bonds is 41. The summed E-state index contributed by atoms with van der Waals surface area (Å²) in [5.74, 6) is -1.87. The Kier molecular flexibility index (Phi) is 35.6. The van der Waals surface area contributed by atoms with E-state index in [4.69, 9.17) is 61.6 Å². The van der Waals surface area contributed by atoms with E-state index in [1.165, 1.54) is 7.11 Å². The van der Waals surface area contributed by atoms with Crippen molar-refractivity contribution in [3.05, 3.63) is 35.9 Å². The van der Waals surface area contributed by atoms with Gasteiger partial charge < -0.3 is 66.3 Å². The highest BCUT2D eigenvalue weighted by atomic mass is 16.6. The highest BCUT2D eigenvalue weighted by molar-refractivity contribution is 6.40. The first-order valence-electron chi connectivity index (χ1n) is 17.9. The first kappa shape index (κ1) is 48.4. The molecule has 0 radical (unpaired) electrons. The zero-order valence-electron chi connectivity index (χ0n) is 31.2. The van der Waals surface area contributed by atoms with E-state index in [1.807, 2.05) is 0 Å².